The van der Waals surface area contributed by atoms with E-state index in [1.54, 1.807) is 7.11 Å². The third-order valence-electron chi connectivity index (χ3n) is 3.39. The van der Waals surface area contributed by atoms with Gasteiger partial charge >= 0.3 is 0 Å². The molecule has 0 aliphatic carbocycles. The van der Waals surface area contributed by atoms with Gasteiger partial charge in [-0.3, -0.25) is 4.99 Å². The molecule has 0 amide bonds. The lowest BCUT2D eigenvalue weighted by Crippen LogP contribution is -2.41. The first-order chi connectivity index (χ1) is 10.3. The van der Waals surface area contributed by atoms with E-state index in [-0.39, 0.29) is 24.0 Å². The molecule has 1 saturated heterocycles. The van der Waals surface area contributed by atoms with Crippen LogP contribution in [0.3, 0.4) is 0 Å². The second kappa shape index (κ2) is 14.5. The van der Waals surface area contributed by atoms with Crippen LogP contribution in [-0.2, 0) is 14.2 Å². The Morgan fingerprint density at radius 1 is 1.36 bits per heavy atom. The van der Waals surface area contributed by atoms with E-state index in [0.29, 0.717) is 19.1 Å². The highest BCUT2D eigenvalue weighted by atomic mass is 127. The van der Waals surface area contributed by atoms with E-state index >= 15 is 0 Å². The van der Waals surface area contributed by atoms with Gasteiger partial charge in [0.1, 0.15) is 0 Å². The van der Waals surface area contributed by atoms with Crippen molar-refractivity contribution in [2.45, 2.75) is 19.8 Å². The van der Waals surface area contributed by atoms with Crippen LogP contribution in [0.15, 0.2) is 4.99 Å². The molecule has 1 aliphatic heterocycles. The van der Waals surface area contributed by atoms with Gasteiger partial charge in [-0.15, -0.1) is 24.0 Å². The average molecular weight is 429 g/mol. The Kier molecular flexibility index (Phi) is 14.4. The van der Waals surface area contributed by atoms with Crippen LogP contribution >= 0.6 is 24.0 Å². The number of guanidine groups is 1. The predicted molar refractivity (Wildman–Crippen MR) is 100 cm³/mol. The summed E-state index contributed by atoms with van der Waals surface area (Å²) in [5.74, 6) is 1.59. The van der Waals surface area contributed by atoms with Crippen LogP contribution in [0.25, 0.3) is 0 Å². The minimum Gasteiger partial charge on any atom is -0.382 e. The number of hydrogen-bond donors (Lipinski definition) is 1. The van der Waals surface area contributed by atoms with Gasteiger partial charge in [0, 0.05) is 52.9 Å². The number of hydrogen-bond acceptors (Lipinski definition) is 4. The van der Waals surface area contributed by atoms with E-state index in [9.17, 15) is 0 Å². The molecule has 132 valence electrons. The molecule has 0 bridgehead atoms. The molecule has 1 rings (SSSR count). The lowest BCUT2D eigenvalue weighted by atomic mass is 10.1. The molecule has 7 heteroatoms. The van der Waals surface area contributed by atoms with Crippen molar-refractivity contribution >= 4 is 29.9 Å². The molecule has 1 fully saturated rings. The fourth-order valence-corrected chi connectivity index (χ4v) is 2.27. The van der Waals surface area contributed by atoms with Crippen molar-refractivity contribution in [1.82, 2.24) is 10.2 Å². The number of aliphatic imine (C=N–C) groups is 1. The van der Waals surface area contributed by atoms with Gasteiger partial charge in [0.15, 0.2) is 5.96 Å². The Morgan fingerprint density at radius 3 is 2.82 bits per heavy atom. The number of nitrogens with one attached hydrogen (secondary N) is 1. The lowest BCUT2D eigenvalue weighted by Gasteiger charge is -2.24. The van der Waals surface area contributed by atoms with E-state index < -0.39 is 0 Å². The SMILES string of the molecule is CCNC(=NCCCOCCOC)N(C)CC1CCOC1.I. The third kappa shape index (κ3) is 9.81. The molecule has 0 aromatic heterocycles. The number of rotatable bonds is 10. The van der Waals surface area contributed by atoms with Gasteiger partial charge < -0.3 is 24.4 Å². The summed E-state index contributed by atoms with van der Waals surface area (Å²) in [6, 6.07) is 0. The molecule has 1 unspecified atom stereocenters. The number of ether oxygens (including phenoxy) is 3. The van der Waals surface area contributed by atoms with Crippen molar-refractivity contribution < 1.29 is 14.2 Å². The van der Waals surface area contributed by atoms with Crippen LogP contribution in [0.1, 0.15) is 19.8 Å². The van der Waals surface area contributed by atoms with E-state index in [1.807, 2.05) is 0 Å². The van der Waals surface area contributed by atoms with Crippen molar-refractivity contribution in [2.75, 3.05) is 66.8 Å². The molecule has 6 nitrogen and oxygen atoms in total. The topological polar surface area (TPSA) is 55.3 Å². The van der Waals surface area contributed by atoms with Crippen LogP contribution in [0.2, 0.25) is 0 Å². The van der Waals surface area contributed by atoms with Gasteiger partial charge in [-0.05, 0) is 19.8 Å². The minimum absolute atomic E-state index is 0. The molecular formula is C15H32IN3O3. The Hall–Kier alpha value is -0.120. The monoisotopic (exact) mass is 429 g/mol. The largest absolute Gasteiger partial charge is 0.382 e. The van der Waals surface area contributed by atoms with Crippen molar-refractivity contribution in [1.29, 1.82) is 0 Å². The van der Waals surface area contributed by atoms with E-state index in [2.05, 4.69) is 29.2 Å². The van der Waals surface area contributed by atoms with Crippen molar-refractivity contribution in [3.63, 3.8) is 0 Å². The van der Waals surface area contributed by atoms with Crippen LogP contribution in [0.5, 0.6) is 0 Å². The van der Waals surface area contributed by atoms with Crippen molar-refractivity contribution in [3.8, 4) is 0 Å². The smallest absolute Gasteiger partial charge is 0.193 e. The average Bonchev–Trinajstić information content (AvgIpc) is 2.98. The van der Waals surface area contributed by atoms with Crippen LogP contribution in [-0.4, -0.2) is 77.7 Å². The van der Waals surface area contributed by atoms with Crippen LogP contribution in [0.4, 0.5) is 0 Å². The summed E-state index contributed by atoms with van der Waals surface area (Å²) < 4.78 is 15.8. The summed E-state index contributed by atoms with van der Waals surface area (Å²) in [7, 11) is 3.77. The maximum atomic E-state index is 5.44. The van der Waals surface area contributed by atoms with Gasteiger partial charge in [0.2, 0.25) is 0 Å². The molecule has 0 aromatic carbocycles. The van der Waals surface area contributed by atoms with E-state index in [4.69, 9.17) is 14.2 Å². The molecule has 22 heavy (non-hydrogen) atoms. The molecule has 1 N–H and O–H groups in total. The van der Waals surface area contributed by atoms with Gasteiger partial charge in [0.05, 0.1) is 19.8 Å². The first-order valence-electron chi connectivity index (χ1n) is 7.91. The Labute approximate surface area is 152 Å². The third-order valence-corrected chi connectivity index (χ3v) is 3.39. The second-order valence-corrected chi connectivity index (χ2v) is 5.30. The Bertz CT molecular complexity index is 287. The molecule has 0 spiro atoms. The fraction of sp³-hybridized carbons (Fsp3) is 0.933. The van der Waals surface area contributed by atoms with E-state index in [0.717, 1.165) is 58.3 Å². The number of nitrogens with zero attached hydrogens (tertiary/aromatic N) is 2. The Balaban J connectivity index is 0.00000441. The normalized spacial score (nSPS) is 18.1. The maximum Gasteiger partial charge on any atom is 0.193 e. The summed E-state index contributed by atoms with van der Waals surface area (Å²) in [6.07, 6.45) is 2.08. The van der Waals surface area contributed by atoms with Crippen LogP contribution in [0, 0.1) is 5.92 Å². The summed E-state index contributed by atoms with van der Waals surface area (Å²) in [4.78, 5) is 6.86. The zero-order chi connectivity index (χ0) is 15.3. The van der Waals surface area contributed by atoms with Crippen molar-refractivity contribution in [2.24, 2.45) is 10.9 Å². The zero-order valence-electron chi connectivity index (χ0n) is 14.2. The second-order valence-electron chi connectivity index (χ2n) is 5.30. The standard InChI is InChI=1S/C15H31N3O3.HI/c1-4-16-15(17-7-5-8-20-11-10-19-3)18(2)12-14-6-9-21-13-14;/h14H,4-13H2,1-3H3,(H,16,17);1H. The first-order valence-corrected chi connectivity index (χ1v) is 7.91. The van der Waals surface area contributed by atoms with Gasteiger partial charge in [-0.1, -0.05) is 0 Å². The van der Waals surface area contributed by atoms with Crippen molar-refractivity contribution in [3.05, 3.63) is 0 Å². The molecule has 0 radical (unpaired) electrons. The quantitative estimate of drug-likeness (QED) is 0.248. The fourth-order valence-electron chi connectivity index (χ4n) is 2.27. The molecule has 1 heterocycles. The Morgan fingerprint density at radius 2 is 2.18 bits per heavy atom. The number of methoxy groups -OCH3 is 1. The first kappa shape index (κ1) is 21.9. The molecule has 1 aliphatic rings. The summed E-state index contributed by atoms with van der Waals surface area (Å²) in [6.45, 7) is 8.55. The zero-order valence-corrected chi connectivity index (χ0v) is 16.5. The van der Waals surface area contributed by atoms with E-state index in [1.165, 1.54) is 0 Å². The summed E-state index contributed by atoms with van der Waals surface area (Å²) in [5, 5.41) is 3.34. The molecule has 0 saturated carbocycles. The maximum absolute atomic E-state index is 5.44. The van der Waals surface area contributed by atoms with Crippen LogP contribution < -0.4 is 5.32 Å². The molecular weight excluding hydrogens is 397 g/mol. The highest BCUT2D eigenvalue weighted by Crippen LogP contribution is 2.13. The molecule has 1 atom stereocenters. The van der Waals surface area contributed by atoms with Gasteiger partial charge in [0.25, 0.3) is 0 Å². The lowest BCUT2D eigenvalue weighted by molar-refractivity contribution is 0.0702. The summed E-state index contributed by atoms with van der Waals surface area (Å²) >= 11 is 0. The highest BCUT2D eigenvalue weighted by molar-refractivity contribution is 14.0. The van der Waals surface area contributed by atoms with Gasteiger partial charge in [-0.25, -0.2) is 0 Å². The van der Waals surface area contributed by atoms with Gasteiger partial charge in [-0.2, -0.15) is 0 Å². The minimum atomic E-state index is 0. The summed E-state index contributed by atoms with van der Waals surface area (Å²) in [5.41, 5.74) is 0. The highest BCUT2D eigenvalue weighted by Gasteiger charge is 2.18. The molecule has 0 aromatic rings. The number of halogens is 1. The predicted octanol–water partition coefficient (Wildman–Crippen LogP) is 1.59.